The lowest BCUT2D eigenvalue weighted by molar-refractivity contribution is 0.0486. The topological polar surface area (TPSA) is 18.5 Å². The first-order valence-electron chi connectivity index (χ1n) is 7.93. The van der Waals surface area contributed by atoms with E-state index in [1.165, 1.54) is 71.2 Å². The molecule has 0 aromatic heterocycles. The zero-order chi connectivity index (χ0) is 12.8. The molecule has 0 bridgehead atoms. The van der Waals surface area contributed by atoms with Crippen LogP contribution in [-0.4, -0.2) is 61.7 Å². The molecule has 0 aliphatic carbocycles. The van der Waals surface area contributed by atoms with Gasteiger partial charge in [0.2, 0.25) is 0 Å². The molecule has 18 heavy (non-hydrogen) atoms. The van der Waals surface area contributed by atoms with Gasteiger partial charge in [0, 0.05) is 31.7 Å². The van der Waals surface area contributed by atoms with E-state index in [1.807, 2.05) is 0 Å². The molecule has 2 atom stereocenters. The van der Waals surface area contributed by atoms with Gasteiger partial charge in [-0.2, -0.15) is 0 Å². The third-order valence-corrected chi connectivity index (χ3v) is 4.78. The molecule has 2 unspecified atom stereocenters. The summed E-state index contributed by atoms with van der Waals surface area (Å²) in [7, 11) is 2.06. The second-order valence-electron chi connectivity index (χ2n) is 6.17. The molecule has 3 nitrogen and oxygen atoms in total. The Bertz CT molecular complexity index is 232. The molecule has 0 aromatic rings. The number of fused-ring (bicyclic) bond motifs is 1. The van der Waals surface area contributed by atoms with Gasteiger partial charge < -0.3 is 10.2 Å². The molecule has 106 valence electrons. The van der Waals surface area contributed by atoms with Crippen molar-refractivity contribution in [1.82, 2.24) is 15.1 Å². The molecule has 2 heterocycles. The summed E-state index contributed by atoms with van der Waals surface area (Å²) >= 11 is 0. The van der Waals surface area contributed by atoms with E-state index >= 15 is 0 Å². The summed E-state index contributed by atoms with van der Waals surface area (Å²) in [5.41, 5.74) is 0. The molecule has 0 aromatic carbocycles. The smallest absolute Gasteiger partial charge is 0.0223 e. The van der Waals surface area contributed by atoms with Gasteiger partial charge in [-0.05, 0) is 52.7 Å². The van der Waals surface area contributed by atoms with Crippen LogP contribution in [0.15, 0.2) is 0 Å². The van der Waals surface area contributed by atoms with E-state index in [0.717, 1.165) is 6.04 Å². The number of unbranched alkanes of at least 4 members (excludes halogenated alkanes) is 1. The highest BCUT2D eigenvalue weighted by atomic mass is 15.3. The van der Waals surface area contributed by atoms with Crippen LogP contribution >= 0.6 is 0 Å². The Morgan fingerprint density at radius 1 is 1.17 bits per heavy atom. The fourth-order valence-electron chi connectivity index (χ4n) is 3.35. The van der Waals surface area contributed by atoms with Gasteiger partial charge in [-0.15, -0.1) is 0 Å². The van der Waals surface area contributed by atoms with Crippen molar-refractivity contribution in [3.63, 3.8) is 0 Å². The largest absolute Gasteiger partial charge is 0.317 e. The summed E-state index contributed by atoms with van der Waals surface area (Å²) in [5.74, 6) is 0. The summed E-state index contributed by atoms with van der Waals surface area (Å²) < 4.78 is 0. The molecule has 0 saturated carbocycles. The average Bonchev–Trinajstić information content (AvgIpc) is 2.43. The number of nitrogens with one attached hydrogen (secondary N) is 1. The maximum atomic E-state index is 3.32. The van der Waals surface area contributed by atoms with Crippen molar-refractivity contribution in [2.45, 2.75) is 57.5 Å². The molecule has 0 amide bonds. The van der Waals surface area contributed by atoms with Crippen LogP contribution < -0.4 is 5.32 Å². The van der Waals surface area contributed by atoms with E-state index in [4.69, 9.17) is 0 Å². The van der Waals surface area contributed by atoms with Gasteiger partial charge in [0.1, 0.15) is 0 Å². The third kappa shape index (κ3) is 4.22. The Labute approximate surface area is 113 Å². The van der Waals surface area contributed by atoms with Crippen molar-refractivity contribution in [1.29, 1.82) is 0 Å². The molecular weight excluding hydrogens is 222 g/mol. The van der Waals surface area contributed by atoms with E-state index in [-0.39, 0.29) is 0 Å². The number of hydrogen-bond acceptors (Lipinski definition) is 3. The predicted octanol–water partition coefficient (Wildman–Crippen LogP) is 1.93. The van der Waals surface area contributed by atoms with Crippen LogP contribution in [0, 0.1) is 0 Å². The van der Waals surface area contributed by atoms with Crippen LogP contribution in [-0.2, 0) is 0 Å². The highest BCUT2D eigenvalue weighted by Gasteiger charge is 2.28. The van der Waals surface area contributed by atoms with Crippen molar-refractivity contribution in [3.8, 4) is 0 Å². The van der Waals surface area contributed by atoms with Crippen LogP contribution in [0.1, 0.15) is 45.4 Å². The van der Waals surface area contributed by atoms with Gasteiger partial charge in [-0.3, -0.25) is 4.90 Å². The third-order valence-electron chi connectivity index (χ3n) is 4.78. The summed E-state index contributed by atoms with van der Waals surface area (Å²) in [4.78, 5) is 5.43. The summed E-state index contributed by atoms with van der Waals surface area (Å²) in [6.45, 7) is 8.91. The summed E-state index contributed by atoms with van der Waals surface area (Å²) in [5, 5.41) is 3.32. The maximum absolute atomic E-state index is 3.32. The normalized spacial score (nSPS) is 28.0. The van der Waals surface area contributed by atoms with Gasteiger partial charge in [-0.1, -0.05) is 12.8 Å². The Kier molecular flexibility index (Phi) is 5.93. The van der Waals surface area contributed by atoms with E-state index in [2.05, 4.69) is 29.1 Å². The number of piperazine rings is 1. The second-order valence-corrected chi connectivity index (χ2v) is 6.17. The first kappa shape index (κ1) is 14.3. The quantitative estimate of drug-likeness (QED) is 0.730. The minimum absolute atomic E-state index is 0.681. The van der Waals surface area contributed by atoms with E-state index < -0.39 is 0 Å². The number of rotatable bonds is 6. The van der Waals surface area contributed by atoms with Gasteiger partial charge in [0.25, 0.3) is 0 Å². The molecule has 1 N–H and O–H groups in total. The van der Waals surface area contributed by atoms with Crippen molar-refractivity contribution < 1.29 is 0 Å². The monoisotopic (exact) mass is 253 g/mol. The minimum Gasteiger partial charge on any atom is -0.317 e. The molecule has 0 radical (unpaired) electrons. The predicted molar refractivity (Wildman–Crippen MR) is 78.0 cm³/mol. The average molecular weight is 253 g/mol. The van der Waals surface area contributed by atoms with Gasteiger partial charge in [0.05, 0.1) is 0 Å². The van der Waals surface area contributed by atoms with Crippen molar-refractivity contribution in [2.24, 2.45) is 0 Å². The summed E-state index contributed by atoms with van der Waals surface area (Å²) in [6, 6.07) is 1.56. The lowest BCUT2D eigenvalue weighted by Gasteiger charge is -2.44. The molecule has 2 fully saturated rings. The Balaban J connectivity index is 1.59. The fraction of sp³-hybridized carbons (Fsp3) is 1.00. The van der Waals surface area contributed by atoms with Crippen LogP contribution in [0.5, 0.6) is 0 Å². The molecule has 3 heteroatoms. The maximum Gasteiger partial charge on any atom is 0.0223 e. The van der Waals surface area contributed by atoms with E-state index in [1.54, 1.807) is 0 Å². The molecule has 2 aliphatic heterocycles. The fourth-order valence-corrected chi connectivity index (χ4v) is 3.35. The SMILES string of the molecule is CNC(C)CCCCN1CCN2CCCCC2C1. The zero-order valence-corrected chi connectivity index (χ0v) is 12.3. The number of piperidine rings is 1. The molecule has 0 spiro atoms. The van der Waals surface area contributed by atoms with Gasteiger partial charge in [-0.25, -0.2) is 0 Å². The number of hydrogen-bond donors (Lipinski definition) is 1. The Hall–Kier alpha value is -0.120. The van der Waals surface area contributed by atoms with E-state index in [9.17, 15) is 0 Å². The van der Waals surface area contributed by atoms with Gasteiger partial charge >= 0.3 is 0 Å². The van der Waals surface area contributed by atoms with Crippen molar-refractivity contribution >= 4 is 0 Å². The highest BCUT2D eigenvalue weighted by molar-refractivity contribution is 4.84. The van der Waals surface area contributed by atoms with Crippen LogP contribution in [0.3, 0.4) is 0 Å². The van der Waals surface area contributed by atoms with Gasteiger partial charge in [0.15, 0.2) is 0 Å². The lowest BCUT2D eigenvalue weighted by atomic mass is 9.99. The Morgan fingerprint density at radius 3 is 2.89 bits per heavy atom. The lowest BCUT2D eigenvalue weighted by Crippen LogP contribution is -2.54. The first-order chi connectivity index (χ1) is 8.79. The van der Waals surface area contributed by atoms with Crippen molar-refractivity contribution in [3.05, 3.63) is 0 Å². The highest BCUT2D eigenvalue weighted by Crippen LogP contribution is 2.21. The molecule has 2 saturated heterocycles. The standard InChI is InChI=1S/C15H31N3/c1-14(16-2)7-3-5-9-17-11-12-18-10-6-4-8-15(18)13-17/h14-16H,3-13H2,1-2H3. The van der Waals surface area contributed by atoms with Crippen LogP contribution in [0.25, 0.3) is 0 Å². The molecular formula is C15H31N3. The first-order valence-corrected chi connectivity index (χ1v) is 7.93. The van der Waals surface area contributed by atoms with E-state index in [0.29, 0.717) is 6.04 Å². The second kappa shape index (κ2) is 7.46. The summed E-state index contributed by atoms with van der Waals surface area (Å²) in [6.07, 6.45) is 8.38. The van der Waals surface area contributed by atoms with Crippen LogP contribution in [0.4, 0.5) is 0 Å². The zero-order valence-electron chi connectivity index (χ0n) is 12.3. The van der Waals surface area contributed by atoms with Crippen molar-refractivity contribution in [2.75, 3.05) is 39.8 Å². The Morgan fingerprint density at radius 2 is 2.06 bits per heavy atom. The molecule has 2 rings (SSSR count). The number of nitrogens with zero attached hydrogens (tertiary/aromatic N) is 2. The molecule has 2 aliphatic rings. The minimum atomic E-state index is 0.681. The van der Waals surface area contributed by atoms with Crippen LogP contribution in [0.2, 0.25) is 0 Å².